The molecule has 0 saturated carbocycles. The van der Waals surface area contributed by atoms with Crippen LogP contribution in [0, 0.1) is 6.92 Å². The van der Waals surface area contributed by atoms with Gasteiger partial charge in [-0.05, 0) is 81.2 Å². The van der Waals surface area contributed by atoms with E-state index in [0.717, 1.165) is 74.3 Å². The number of hydrogen-bond acceptors (Lipinski definition) is 5. The van der Waals surface area contributed by atoms with Crippen molar-refractivity contribution >= 4 is 39.7 Å². The number of nitrogens with zero attached hydrogens (tertiary/aromatic N) is 3. The highest BCUT2D eigenvalue weighted by atomic mass is 32.1. The first kappa shape index (κ1) is 23.2. The van der Waals surface area contributed by atoms with E-state index >= 15 is 0 Å². The van der Waals surface area contributed by atoms with Crippen molar-refractivity contribution in [1.29, 1.82) is 0 Å². The van der Waals surface area contributed by atoms with Crippen molar-refractivity contribution in [2.75, 3.05) is 56.2 Å². The number of hydrogen-bond donors (Lipinski definition) is 2. The highest BCUT2D eigenvalue weighted by Gasteiger charge is 2.19. The van der Waals surface area contributed by atoms with E-state index in [1.807, 2.05) is 0 Å². The van der Waals surface area contributed by atoms with Gasteiger partial charge in [0.2, 0.25) is 0 Å². The zero-order valence-corrected chi connectivity index (χ0v) is 20.3. The van der Waals surface area contributed by atoms with Crippen molar-refractivity contribution in [2.24, 2.45) is 0 Å². The van der Waals surface area contributed by atoms with Crippen LogP contribution in [0.25, 0.3) is 10.9 Å². The molecular formula is C25H37N5OS. The zero-order chi connectivity index (χ0) is 22.3. The van der Waals surface area contributed by atoms with Crippen molar-refractivity contribution in [3.05, 3.63) is 29.8 Å². The molecule has 2 aliphatic rings. The molecular weight excluding hydrogens is 418 g/mol. The van der Waals surface area contributed by atoms with E-state index in [2.05, 4.69) is 58.5 Å². The van der Waals surface area contributed by atoms with Crippen molar-refractivity contribution in [3.8, 4) is 0 Å². The predicted molar refractivity (Wildman–Crippen MR) is 138 cm³/mol. The molecule has 174 valence electrons. The van der Waals surface area contributed by atoms with Gasteiger partial charge < -0.3 is 25.2 Å². The number of aryl methyl sites for hydroxylation is 1. The van der Waals surface area contributed by atoms with Gasteiger partial charge in [-0.2, -0.15) is 0 Å². The van der Waals surface area contributed by atoms with Gasteiger partial charge in [0, 0.05) is 43.3 Å². The Morgan fingerprint density at radius 2 is 2.03 bits per heavy atom. The largest absolute Gasteiger partial charge is 0.378 e. The number of aromatic nitrogens is 1. The van der Waals surface area contributed by atoms with E-state index < -0.39 is 0 Å². The number of likely N-dealkylation sites (tertiary alicyclic amines) is 1. The summed E-state index contributed by atoms with van der Waals surface area (Å²) >= 11 is 5.54. The number of ether oxygens (including phenoxy) is 1. The lowest BCUT2D eigenvalue weighted by Gasteiger charge is -2.35. The molecule has 2 saturated heterocycles. The Morgan fingerprint density at radius 3 is 2.84 bits per heavy atom. The predicted octanol–water partition coefficient (Wildman–Crippen LogP) is 4.32. The molecule has 1 aromatic carbocycles. The smallest absolute Gasteiger partial charge is 0.170 e. The number of rotatable bonds is 7. The maximum Gasteiger partial charge on any atom is 0.170 e. The van der Waals surface area contributed by atoms with E-state index in [9.17, 15) is 0 Å². The Morgan fingerprint density at radius 1 is 1.19 bits per heavy atom. The van der Waals surface area contributed by atoms with Crippen LogP contribution in [-0.2, 0) is 4.74 Å². The van der Waals surface area contributed by atoms with E-state index in [-0.39, 0.29) is 0 Å². The van der Waals surface area contributed by atoms with Gasteiger partial charge in [0.05, 0.1) is 18.7 Å². The molecule has 6 nitrogen and oxygen atoms in total. The van der Waals surface area contributed by atoms with Crippen LogP contribution in [-0.4, -0.2) is 67.0 Å². The summed E-state index contributed by atoms with van der Waals surface area (Å²) in [5.41, 5.74) is 3.25. The lowest BCUT2D eigenvalue weighted by Crippen LogP contribution is -2.40. The SMILES string of the molecule is CCC1CCCCN1CCCNC(=S)Nc1ccc2nc(N3CCOCC3)cc(C)c2c1. The summed E-state index contributed by atoms with van der Waals surface area (Å²) in [5, 5.41) is 8.57. The molecule has 0 amide bonds. The molecule has 2 N–H and O–H groups in total. The number of pyridine rings is 1. The fraction of sp³-hybridized carbons (Fsp3) is 0.600. The summed E-state index contributed by atoms with van der Waals surface area (Å²) in [6.07, 6.45) is 6.46. The Bertz CT molecular complexity index is 915. The quantitative estimate of drug-likeness (QED) is 0.476. The second-order valence-electron chi connectivity index (χ2n) is 8.96. The third-order valence-corrected chi connectivity index (χ3v) is 6.97. The Kier molecular flexibility index (Phi) is 8.16. The van der Waals surface area contributed by atoms with Crippen LogP contribution >= 0.6 is 12.2 Å². The van der Waals surface area contributed by atoms with Crippen molar-refractivity contribution in [1.82, 2.24) is 15.2 Å². The van der Waals surface area contributed by atoms with E-state index in [1.54, 1.807) is 0 Å². The topological polar surface area (TPSA) is 52.7 Å². The van der Waals surface area contributed by atoms with Crippen LogP contribution in [0.15, 0.2) is 24.3 Å². The van der Waals surface area contributed by atoms with Crippen molar-refractivity contribution in [2.45, 2.75) is 52.0 Å². The molecule has 4 rings (SSSR count). The molecule has 2 aliphatic heterocycles. The molecule has 7 heteroatoms. The van der Waals surface area contributed by atoms with Gasteiger partial charge in [-0.15, -0.1) is 0 Å². The lowest BCUT2D eigenvalue weighted by atomic mass is 10.00. The van der Waals surface area contributed by atoms with Crippen LogP contribution in [0.3, 0.4) is 0 Å². The summed E-state index contributed by atoms with van der Waals surface area (Å²) in [6, 6.07) is 9.24. The molecule has 2 fully saturated rings. The van der Waals surface area contributed by atoms with Crippen molar-refractivity contribution in [3.63, 3.8) is 0 Å². The minimum absolute atomic E-state index is 0.686. The first-order valence-corrected chi connectivity index (χ1v) is 12.6. The van der Waals surface area contributed by atoms with Gasteiger partial charge >= 0.3 is 0 Å². The molecule has 32 heavy (non-hydrogen) atoms. The Hall–Kier alpha value is -1.96. The number of fused-ring (bicyclic) bond motifs is 1. The first-order chi connectivity index (χ1) is 15.6. The number of morpholine rings is 1. The third kappa shape index (κ3) is 5.88. The second-order valence-corrected chi connectivity index (χ2v) is 9.37. The highest BCUT2D eigenvalue weighted by Crippen LogP contribution is 2.26. The van der Waals surface area contributed by atoms with Gasteiger partial charge in [-0.1, -0.05) is 13.3 Å². The maximum atomic E-state index is 5.54. The van der Waals surface area contributed by atoms with Gasteiger partial charge in [0.25, 0.3) is 0 Å². The van der Waals surface area contributed by atoms with E-state index in [0.29, 0.717) is 5.11 Å². The second kappa shape index (κ2) is 11.3. The van der Waals surface area contributed by atoms with Crippen LogP contribution in [0.5, 0.6) is 0 Å². The Labute approximate surface area is 197 Å². The minimum Gasteiger partial charge on any atom is -0.378 e. The standard InChI is InChI=1S/C25H37N5OS/c1-3-21-7-4-5-11-29(21)12-6-10-26-25(32)27-20-8-9-23-22(18-20)19(2)17-24(28-23)30-13-15-31-16-14-30/h8-9,17-18,21H,3-7,10-16H2,1-2H3,(H2,26,27,32). The molecule has 0 bridgehead atoms. The third-order valence-electron chi connectivity index (χ3n) is 6.72. The fourth-order valence-electron chi connectivity index (χ4n) is 4.88. The average molecular weight is 456 g/mol. The van der Waals surface area contributed by atoms with Gasteiger partial charge in [0.15, 0.2) is 5.11 Å². The Balaban J connectivity index is 1.29. The molecule has 3 heterocycles. The van der Waals surface area contributed by atoms with E-state index in [4.69, 9.17) is 21.9 Å². The van der Waals surface area contributed by atoms with E-state index in [1.165, 1.54) is 37.8 Å². The van der Waals surface area contributed by atoms with Crippen molar-refractivity contribution < 1.29 is 4.74 Å². The maximum absolute atomic E-state index is 5.54. The molecule has 1 unspecified atom stereocenters. The van der Waals surface area contributed by atoms with Gasteiger partial charge in [0.1, 0.15) is 5.82 Å². The number of benzene rings is 1. The summed E-state index contributed by atoms with van der Waals surface area (Å²) < 4.78 is 5.47. The lowest BCUT2D eigenvalue weighted by molar-refractivity contribution is 0.122. The number of anilines is 2. The molecule has 0 radical (unpaired) electrons. The summed E-state index contributed by atoms with van der Waals surface area (Å²) in [6.45, 7) is 11.1. The fourth-order valence-corrected chi connectivity index (χ4v) is 5.10. The minimum atomic E-state index is 0.686. The normalized spacial score (nSPS) is 19.8. The first-order valence-electron chi connectivity index (χ1n) is 12.2. The van der Waals surface area contributed by atoms with Crippen LogP contribution in [0.2, 0.25) is 0 Å². The summed E-state index contributed by atoms with van der Waals surface area (Å²) in [5.74, 6) is 1.04. The van der Waals surface area contributed by atoms with Gasteiger partial charge in [-0.3, -0.25) is 0 Å². The average Bonchev–Trinajstić information content (AvgIpc) is 2.83. The summed E-state index contributed by atoms with van der Waals surface area (Å²) in [7, 11) is 0. The molecule has 1 atom stereocenters. The van der Waals surface area contributed by atoms with Gasteiger partial charge in [-0.25, -0.2) is 4.98 Å². The molecule has 2 aromatic rings. The van der Waals surface area contributed by atoms with Crippen LogP contribution in [0.1, 0.15) is 44.6 Å². The monoisotopic (exact) mass is 455 g/mol. The zero-order valence-electron chi connectivity index (χ0n) is 19.5. The number of thiocarbonyl (C=S) groups is 1. The number of piperidine rings is 1. The van der Waals surface area contributed by atoms with Crippen LogP contribution in [0.4, 0.5) is 11.5 Å². The summed E-state index contributed by atoms with van der Waals surface area (Å²) in [4.78, 5) is 9.85. The molecule has 0 aliphatic carbocycles. The highest BCUT2D eigenvalue weighted by molar-refractivity contribution is 7.80. The molecule has 1 aromatic heterocycles. The molecule has 0 spiro atoms. The number of nitrogens with one attached hydrogen (secondary N) is 2. The van der Waals surface area contributed by atoms with Crippen LogP contribution < -0.4 is 15.5 Å².